The van der Waals surface area contributed by atoms with E-state index >= 15 is 0 Å². The van der Waals surface area contributed by atoms with Crippen LogP contribution in [0.5, 0.6) is 0 Å². The topological polar surface area (TPSA) is 36.9 Å². The largest absolute Gasteiger partial charge is 0.426 e. The highest BCUT2D eigenvalue weighted by Gasteiger charge is 2.27. The minimum atomic E-state index is -2.28. The van der Waals surface area contributed by atoms with Crippen LogP contribution in [0.1, 0.15) is 47.1 Å². The number of hydrogen-bond acceptors (Lipinski definition) is 4. The van der Waals surface area contributed by atoms with Crippen molar-refractivity contribution in [1.29, 1.82) is 0 Å². The van der Waals surface area contributed by atoms with Gasteiger partial charge in [-0.15, -0.1) is 0 Å². The molecule has 0 aromatic heterocycles. The average Bonchev–Trinajstić information content (AvgIpc) is 2.28. The zero-order chi connectivity index (χ0) is 15.4. The normalized spacial score (nSPS) is 13.0. The molecule has 0 bridgehead atoms. The zero-order valence-electron chi connectivity index (χ0n) is 13.5. The Kier molecular flexibility index (Phi) is 5.91. The predicted octanol–water partition coefficient (Wildman–Crippen LogP) is 2.92. The van der Waals surface area contributed by atoms with Gasteiger partial charge in [0.25, 0.3) is 0 Å². The number of hydrogen-bond donors (Lipinski definition) is 0. The van der Waals surface area contributed by atoms with Crippen LogP contribution < -0.4 is 5.19 Å². The Hall–Kier alpha value is -0.723. The summed E-state index contributed by atoms with van der Waals surface area (Å²) in [6.45, 7) is 13.6. The Morgan fingerprint density at radius 1 is 0.800 bits per heavy atom. The molecule has 0 aliphatic heterocycles. The van der Waals surface area contributed by atoms with Crippen LogP contribution in [-0.4, -0.2) is 20.5 Å². The first-order valence-electron chi connectivity index (χ1n) is 6.83. The molecule has 0 unspecified atom stereocenters. The molecule has 5 heteroatoms. The lowest BCUT2D eigenvalue weighted by Crippen LogP contribution is -2.42. The second-order valence-electron chi connectivity index (χ2n) is 6.77. The Labute approximate surface area is 123 Å². The van der Waals surface area contributed by atoms with Crippen molar-refractivity contribution in [2.45, 2.75) is 59.7 Å². The Morgan fingerprint density at radius 3 is 1.65 bits per heavy atom. The van der Waals surface area contributed by atoms with Crippen molar-refractivity contribution in [2.24, 2.45) is 0 Å². The van der Waals surface area contributed by atoms with Gasteiger partial charge < -0.3 is 0 Å². The molecule has 0 aliphatic carbocycles. The fourth-order valence-corrected chi connectivity index (χ4v) is 3.07. The molecule has 1 aromatic rings. The van der Waals surface area contributed by atoms with E-state index in [1.54, 1.807) is 0 Å². The highest BCUT2D eigenvalue weighted by atomic mass is 28.3. The molecule has 4 nitrogen and oxygen atoms in total. The van der Waals surface area contributed by atoms with Crippen LogP contribution in [0.25, 0.3) is 0 Å². The van der Waals surface area contributed by atoms with Gasteiger partial charge in [0.15, 0.2) is 0 Å². The second kappa shape index (κ2) is 6.82. The molecule has 0 saturated carbocycles. The first kappa shape index (κ1) is 17.3. The average molecular weight is 298 g/mol. The summed E-state index contributed by atoms with van der Waals surface area (Å²) < 4.78 is 11.1. The van der Waals surface area contributed by atoms with E-state index < -0.39 is 9.28 Å². The van der Waals surface area contributed by atoms with E-state index in [1.807, 2.05) is 72.7 Å². The molecule has 0 spiro atoms. The van der Waals surface area contributed by atoms with Crippen LogP contribution >= 0.6 is 0 Å². The Morgan fingerprint density at radius 2 is 1.25 bits per heavy atom. The van der Waals surface area contributed by atoms with Crippen molar-refractivity contribution < 1.29 is 18.9 Å². The van der Waals surface area contributed by atoms with Gasteiger partial charge in [0, 0.05) is 0 Å². The van der Waals surface area contributed by atoms with Crippen LogP contribution in [-0.2, 0) is 18.9 Å². The van der Waals surface area contributed by atoms with E-state index in [4.69, 9.17) is 18.9 Å². The molecule has 0 aliphatic rings. The fraction of sp³-hybridized carbons (Fsp3) is 0.600. The molecule has 0 radical (unpaired) electrons. The summed E-state index contributed by atoms with van der Waals surface area (Å²) in [5, 5.41) is 1.01. The summed E-state index contributed by atoms with van der Waals surface area (Å²) in [5.74, 6) is 0. The number of rotatable bonds is 5. The Bertz CT molecular complexity index is 403. The molecule has 0 fully saturated rings. The highest BCUT2D eigenvalue weighted by molar-refractivity contribution is 6.61. The van der Waals surface area contributed by atoms with Gasteiger partial charge in [-0.25, -0.2) is 18.9 Å². The van der Waals surface area contributed by atoms with Crippen molar-refractivity contribution in [2.75, 3.05) is 0 Å². The van der Waals surface area contributed by atoms with Crippen molar-refractivity contribution in [3.8, 4) is 0 Å². The standard InChI is InChI=1S/C15H26O4Si/c1-12-10-8-9-11-13(12)20(18-16-14(2,3)4)19-17-15(5,6)7/h8-11,20H,1-7H3. The maximum absolute atomic E-state index is 5.56. The summed E-state index contributed by atoms with van der Waals surface area (Å²) in [6.07, 6.45) is 0. The van der Waals surface area contributed by atoms with E-state index in [0.29, 0.717) is 0 Å². The summed E-state index contributed by atoms with van der Waals surface area (Å²) in [4.78, 5) is 10.8. The van der Waals surface area contributed by atoms with E-state index in [9.17, 15) is 0 Å². The van der Waals surface area contributed by atoms with Gasteiger partial charge in [-0.1, -0.05) is 24.3 Å². The molecular formula is C15H26O4Si. The fourth-order valence-electron chi connectivity index (χ4n) is 1.35. The number of benzene rings is 1. The van der Waals surface area contributed by atoms with Gasteiger partial charge in [-0.05, 0) is 59.2 Å². The van der Waals surface area contributed by atoms with E-state index in [2.05, 4.69) is 0 Å². The molecule has 0 heterocycles. The third kappa shape index (κ3) is 6.63. The molecule has 114 valence electrons. The molecule has 0 atom stereocenters. The van der Waals surface area contributed by atoms with Gasteiger partial charge in [0.1, 0.15) is 0 Å². The molecule has 1 rings (SSSR count). The van der Waals surface area contributed by atoms with Crippen LogP contribution in [0.3, 0.4) is 0 Å². The smallest absolute Gasteiger partial charge is 0.246 e. The minimum absolute atomic E-state index is 0.390. The lowest BCUT2D eigenvalue weighted by molar-refractivity contribution is -0.337. The summed E-state index contributed by atoms with van der Waals surface area (Å²) >= 11 is 0. The van der Waals surface area contributed by atoms with E-state index in [-0.39, 0.29) is 11.2 Å². The van der Waals surface area contributed by atoms with Gasteiger partial charge in [-0.2, -0.15) is 0 Å². The summed E-state index contributed by atoms with van der Waals surface area (Å²) in [7, 11) is -2.28. The molecule has 0 amide bonds. The van der Waals surface area contributed by atoms with Gasteiger partial charge >= 0.3 is 9.28 Å². The van der Waals surface area contributed by atoms with Crippen LogP contribution in [0.15, 0.2) is 24.3 Å². The molecular weight excluding hydrogens is 272 g/mol. The highest BCUT2D eigenvalue weighted by Crippen LogP contribution is 2.13. The third-order valence-electron chi connectivity index (χ3n) is 2.21. The van der Waals surface area contributed by atoms with Crippen LogP contribution in [0.4, 0.5) is 0 Å². The monoisotopic (exact) mass is 298 g/mol. The minimum Gasteiger partial charge on any atom is -0.246 e. The van der Waals surface area contributed by atoms with Crippen molar-refractivity contribution in [1.82, 2.24) is 0 Å². The molecule has 20 heavy (non-hydrogen) atoms. The zero-order valence-corrected chi connectivity index (χ0v) is 14.7. The maximum Gasteiger partial charge on any atom is 0.426 e. The van der Waals surface area contributed by atoms with Gasteiger partial charge in [0.05, 0.1) is 11.2 Å². The van der Waals surface area contributed by atoms with Gasteiger partial charge in [0.2, 0.25) is 0 Å². The van der Waals surface area contributed by atoms with Gasteiger partial charge in [-0.3, -0.25) is 0 Å². The SMILES string of the molecule is Cc1ccccc1[SiH](OOC(C)(C)C)OOC(C)(C)C. The lowest BCUT2D eigenvalue weighted by atomic mass is 10.2. The predicted molar refractivity (Wildman–Crippen MR) is 81.8 cm³/mol. The summed E-state index contributed by atoms with van der Waals surface area (Å²) in [5.41, 5.74) is 0.331. The van der Waals surface area contributed by atoms with Crippen molar-refractivity contribution >= 4 is 14.5 Å². The van der Waals surface area contributed by atoms with E-state index in [1.165, 1.54) is 0 Å². The first-order chi connectivity index (χ1) is 9.08. The van der Waals surface area contributed by atoms with Crippen LogP contribution in [0, 0.1) is 6.92 Å². The molecule has 0 N–H and O–H groups in total. The lowest BCUT2D eigenvalue weighted by Gasteiger charge is -2.25. The van der Waals surface area contributed by atoms with Crippen LogP contribution in [0.2, 0.25) is 0 Å². The third-order valence-corrected chi connectivity index (χ3v) is 3.91. The molecule has 0 saturated heterocycles. The quantitative estimate of drug-likeness (QED) is 0.476. The van der Waals surface area contributed by atoms with Crippen molar-refractivity contribution in [3.05, 3.63) is 29.8 Å². The van der Waals surface area contributed by atoms with Crippen molar-refractivity contribution in [3.63, 3.8) is 0 Å². The second-order valence-corrected chi connectivity index (χ2v) is 8.44. The first-order valence-corrected chi connectivity index (χ1v) is 8.35. The number of aryl methyl sites for hydroxylation is 1. The Balaban J connectivity index is 2.82. The molecule has 1 aromatic carbocycles. The van der Waals surface area contributed by atoms with E-state index in [0.717, 1.165) is 10.8 Å². The summed E-state index contributed by atoms with van der Waals surface area (Å²) in [6, 6.07) is 7.96. The maximum atomic E-state index is 5.56.